The molecule has 0 aliphatic rings. The summed E-state index contributed by atoms with van der Waals surface area (Å²) in [7, 11) is 1.76. The summed E-state index contributed by atoms with van der Waals surface area (Å²) in [5.41, 5.74) is 6.66. The number of aliphatic hydroxyl groups excluding tert-OH is 1. The summed E-state index contributed by atoms with van der Waals surface area (Å²) in [4.78, 5) is 17.9. The standard InChI is InChI=1S/C10H13N5O2S/c1-5-6(4-16)9(15(2)14-5)18-10-12-7(11)3-8(17)13-10/h3,16H,4H2,1-2H3,(H3,11,12,13,17). The first kappa shape index (κ1) is 12.7. The van der Waals surface area contributed by atoms with E-state index in [1.54, 1.807) is 11.7 Å². The zero-order valence-electron chi connectivity index (χ0n) is 9.97. The number of rotatable bonds is 3. The highest BCUT2D eigenvalue weighted by Gasteiger charge is 2.15. The van der Waals surface area contributed by atoms with Crippen LogP contribution in [0.5, 0.6) is 0 Å². The van der Waals surface area contributed by atoms with Gasteiger partial charge < -0.3 is 15.8 Å². The Labute approximate surface area is 107 Å². The smallest absolute Gasteiger partial charge is 0.253 e. The first-order valence-electron chi connectivity index (χ1n) is 5.19. The Morgan fingerprint density at radius 1 is 1.61 bits per heavy atom. The van der Waals surface area contributed by atoms with Crippen molar-refractivity contribution in [3.63, 3.8) is 0 Å². The van der Waals surface area contributed by atoms with Crippen molar-refractivity contribution in [2.45, 2.75) is 23.7 Å². The van der Waals surface area contributed by atoms with Crippen molar-refractivity contribution < 1.29 is 5.11 Å². The van der Waals surface area contributed by atoms with Crippen molar-refractivity contribution in [2.24, 2.45) is 7.05 Å². The van der Waals surface area contributed by atoms with E-state index in [4.69, 9.17) is 5.73 Å². The fraction of sp³-hybridized carbons (Fsp3) is 0.300. The summed E-state index contributed by atoms with van der Waals surface area (Å²) in [5.74, 6) is 0.158. The minimum Gasteiger partial charge on any atom is -0.392 e. The maximum Gasteiger partial charge on any atom is 0.253 e. The third-order valence-electron chi connectivity index (χ3n) is 2.38. The molecular formula is C10H13N5O2S. The van der Waals surface area contributed by atoms with Crippen molar-refractivity contribution >= 4 is 17.6 Å². The van der Waals surface area contributed by atoms with Gasteiger partial charge in [0.05, 0.1) is 12.3 Å². The maximum absolute atomic E-state index is 11.3. The molecule has 2 heterocycles. The fourth-order valence-electron chi connectivity index (χ4n) is 1.58. The molecule has 4 N–H and O–H groups in total. The van der Waals surface area contributed by atoms with Crippen LogP contribution in [0, 0.1) is 6.92 Å². The Morgan fingerprint density at radius 3 is 2.94 bits per heavy atom. The van der Waals surface area contributed by atoms with Gasteiger partial charge >= 0.3 is 0 Å². The summed E-state index contributed by atoms with van der Waals surface area (Å²) in [6, 6.07) is 1.21. The number of aromatic amines is 1. The molecule has 0 unspecified atom stereocenters. The van der Waals surface area contributed by atoms with Crippen LogP contribution < -0.4 is 11.3 Å². The van der Waals surface area contributed by atoms with Gasteiger partial charge in [-0.3, -0.25) is 9.48 Å². The minimum absolute atomic E-state index is 0.117. The molecule has 18 heavy (non-hydrogen) atoms. The molecule has 0 saturated heterocycles. The first-order valence-corrected chi connectivity index (χ1v) is 6.01. The second kappa shape index (κ2) is 4.83. The Morgan fingerprint density at radius 2 is 2.33 bits per heavy atom. The molecule has 0 amide bonds. The predicted molar refractivity (Wildman–Crippen MR) is 67.3 cm³/mol. The summed E-state index contributed by atoms with van der Waals surface area (Å²) in [6.07, 6.45) is 0. The highest BCUT2D eigenvalue weighted by atomic mass is 32.2. The fourth-order valence-corrected chi connectivity index (χ4v) is 2.58. The average molecular weight is 267 g/mol. The topological polar surface area (TPSA) is 110 Å². The number of hydrogen-bond donors (Lipinski definition) is 3. The molecule has 2 rings (SSSR count). The zero-order valence-corrected chi connectivity index (χ0v) is 10.8. The third-order valence-corrected chi connectivity index (χ3v) is 3.47. The summed E-state index contributed by atoms with van der Waals surface area (Å²) < 4.78 is 1.63. The van der Waals surface area contributed by atoms with E-state index in [1.807, 2.05) is 6.92 Å². The van der Waals surface area contributed by atoms with Gasteiger partial charge in [-0.1, -0.05) is 0 Å². The van der Waals surface area contributed by atoms with E-state index in [2.05, 4.69) is 15.1 Å². The van der Waals surface area contributed by atoms with Crippen LogP contribution in [0.2, 0.25) is 0 Å². The largest absolute Gasteiger partial charge is 0.392 e. The van der Waals surface area contributed by atoms with Crippen LogP contribution in [0.15, 0.2) is 21.0 Å². The van der Waals surface area contributed by atoms with Gasteiger partial charge in [0.15, 0.2) is 5.16 Å². The summed E-state index contributed by atoms with van der Waals surface area (Å²) in [6.45, 7) is 1.69. The number of aryl methyl sites for hydroxylation is 2. The second-order valence-corrected chi connectivity index (χ2v) is 4.71. The van der Waals surface area contributed by atoms with E-state index in [0.717, 1.165) is 10.7 Å². The molecule has 0 aliphatic carbocycles. The monoisotopic (exact) mass is 267 g/mol. The molecule has 2 aromatic heterocycles. The number of hydrogen-bond acceptors (Lipinski definition) is 6. The van der Waals surface area contributed by atoms with Gasteiger partial charge in [0.25, 0.3) is 5.56 Å². The van der Waals surface area contributed by atoms with Crippen molar-refractivity contribution in [1.82, 2.24) is 19.7 Å². The zero-order chi connectivity index (χ0) is 13.3. The lowest BCUT2D eigenvalue weighted by Gasteiger charge is -2.04. The molecule has 96 valence electrons. The van der Waals surface area contributed by atoms with Crippen molar-refractivity contribution in [3.8, 4) is 0 Å². The molecule has 0 aromatic carbocycles. The molecule has 0 radical (unpaired) electrons. The normalized spacial score (nSPS) is 10.8. The third kappa shape index (κ3) is 2.39. The van der Waals surface area contributed by atoms with E-state index >= 15 is 0 Å². The van der Waals surface area contributed by atoms with E-state index in [-0.39, 0.29) is 18.0 Å². The number of H-pyrrole nitrogens is 1. The van der Waals surface area contributed by atoms with Gasteiger partial charge in [0.2, 0.25) is 0 Å². The van der Waals surface area contributed by atoms with Gasteiger partial charge in [-0.25, -0.2) is 4.98 Å². The van der Waals surface area contributed by atoms with Crippen LogP contribution in [-0.2, 0) is 13.7 Å². The lowest BCUT2D eigenvalue weighted by Crippen LogP contribution is -2.09. The molecule has 7 nitrogen and oxygen atoms in total. The van der Waals surface area contributed by atoms with Gasteiger partial charge in [-0.15, -0.1) is 0 Å². The van der Waals surface area contributed by atoms with E-state index in [1.165, 1.54) is 17.8 Å². The van der Waals surface area contributed by atoms with Crippen LogP contribution in [0.3, 0.4) is 0 Å². The average Bonchev–Trinajstić information content (AvgIpc) is 2.52. The summed E-state index contributed by atoms with van der Waals surface area (Å²) >= 11 is 1.21. The maximum atomic E-state index is 11.3. The van der Waals surface area contributed by atoms with Crippen LogP contribution in [-0.4, -0.2) is 24.9 Å². The van der Waals surface area contributed by atoms with Gasteiger partial charge in [-0.2, -0.15) is 5.10 Å². The number of aliphatic hydroxyl groups is 1. The molecule has 8 heteroatoms. The Bertz CT molecular complexity index is 634. The van der Waals surface area contributed by atoms with Gasteiger partial charge in [0, 0.05) is 18.7 Å². The second-order valence-electron chi connectivity index (χ2n) is 3.73. The number of nitrogen functional groups attached to an aromatic ring is 1. The number of anilines is 1. The molecule has 0 saturated carbocycles. The molecule has 0 spiro atoms. The van der Waals surface area contributed by atoms with Gasteiger partial charge in [0.1, 0.15) is 10.8 Å². The highest BCUT2D eigenvalue weighted by molar-refractivity contribution is 7.99. The molecule has 2 aromatic rings. The Kier molecular flexibility index (Phi) is 3.39. The number of aromatic nitrogens is 4. The van der Waals surface area contributed by atoms with E-state index in [0.29, 0.717) is 10.7 Å². The SMILES string of the molecule is Cc1nn(C)c(Sc2nc(N)cc(=O)[nH]2)c1CO. The minimum atomic E-state index is -0.311. The Balaban J connectivity index is 2.42. The van der Waals surface area contributed by atoms with Crippen molar-refractivity contribution in [3.05, 3.63) is 27.7 Å². The predicted octanol–water partition coefficient (Wildman–Crippen LogP) is 0.0375. The lowest BCUT2D eigenvalue weighted by atomic mass is 10.3. The van der Waals surface area contributed by atoms with Crippen LogP contribution in [0.4, 0.5) is 5.82 Å². The Hall–Kier alpha value is -1.80. The number of nitrogens with two attached hydrogens (primary N) is 1. The quantitative estimate of drug-likeness (QED) is 0.677. The van der Waals surface area contributed by atoms with Crippen molar-refractivity contribution in [2.75, 3.05) is 5.73 Å². The molecule has 0 atom stereocenters. The van der Waals surface area contributed by atoms with Gasteiger partial charge in [-0.05, 0) is 18.7 Å². The first-order chi connectivity index (χ1) is 8.51. The highest BCUT2D eigenvalue weighted by Crippen LogP contribution is 2.29. The summed E-state index contributed by atoms with van der Waals surface area (Å²) in [5, 5.41) is 14.6. The van der Waals surface area contributed by atoms with Crippen LogP contribution in [0.1, 0.15) is 11.3 Å². The van der Waals surface area contributed by atoms with E-state index in [9.17, 15) is 9.90 Å². The molecule has 0 bridgehead atoms. The number of nitrogens with zero attached hydrogens (tertiary/aromatic N) is 3. The van der Waals surface area contributed by atoms with E-state index < -0.39 is 0 Å². The van der Waals surface area contributed by atoms with Crippen molar-refractivity contribution in [1.29, 1.82) is 0 Å². The molecular weight excluding hydrogens is 254 g/mol. The van der Waals surface area contributed by atoms with Crippen LogP contribution in [0.25, 0.3) is 0 Å². The lowest BCUT2D eigenvalue weighted by molar-refractivity contribution is 0.277. The molecule has 0 fully saturated rings. The van der Waals surface area contributed by atoms with Crippen LogP contribution >= 0.6 is 11.8 Å². The number of nitrogens with one attached hydrogen (secondary N) is 1. The molecule has 0 aliphatic heterocycles.